The minimum absolute atomic E-state index is 0.196. The average Bonchev–Trinajstić information content (AvgIpc) is 3.16. The Bertz CT molecular complexity index is 1000. The standard InChI is InChI=1S/C22H23FN2O6/c1-13(29-18(26)12-22(2,3)28)30-21(27)15-8-6-7-14(11-15)19-24-20(31-25-19)16-9-4-5-10-17(16)23/h4-11,13,20,28H,12H2,1-3H3,(H,24,25). The molecule has 2 unspecified atom stereocenters. The number of amidine groups is 1. The molecule has 0 radical (unpaired) electrons. The molecule has 2 aromatic carbocycles. The summed E-state index contributed by atoms with van der Waals surface area (Å²) in [7, 11) is 0. The summed E-state index contributed by atoms with van der Waals surface area (Å²) < 4.78 is 24.1. The van der Waals surface area contributed by atoms with Gasteiger partial charge in [-0.15, -0.1) is 0 Å². The SMILES string of the molecule is CC(OC(=O)CC(C)(C)O)OC(=O)c1cccc(C2=NOC(c3ccccc3F)N2)c1. The molecule has 1 aliphatic rings. The normalized spacial score (nSPS) is 16.5. The van der Waals surface area contributed by atoms with E-state index in [1.54, 1.807) is 30.3 Å². The molecule has 2 atom stereocenters. The van der Waals surface area contributed by atoms with Crippen LogP contribution in [0.5, 0.6) is 0 Å². The molecule has 0 aliphatic carbocycles. The number of ether oxygens (including phenoxy) is 2. The molecule has 0 spiro atoms. The van der Waals surface area contributed by atoms with Crippen LogP contribution in [0, 0.1) is 5.82 Å². The number of benzene rings is 2. The van der Waals surface area contributed by atoms with Crippen molar-refractivity contribution in [3.63, 3.8) is 0 Å². The van der Waals surface area contributed by atoms with Crippen LogP contribution in [0.4, 0.5) is 4.39 Å². The Labute approximate surface area is 178 Å². The fourth-order valence-electron chi connectivity index (χ4n) is 2.86. The van der Waals surface area contributed by atoms with Crippen LogP contribution in [0.25, 0.3) is 0 Å². The van der Waals surface area contributed by atoms with Crippen molar-refractivity contribution < 1.29 is 33.4 Å². The van der Waals surface area contributed by atoms with Crippen LogP contribution in [-0.4, -0.2) is 34.8 Å². The number of oxime groups is 1. The van der Waals surface area contributed by atoms with Gasteiger partial charge in [0.15, 0.2) is 5.84 Å². The van der Waals surface area contributed by atoms with E-state index in [1.165, 1.54) is 39.0 Å². The zero-order valence-corrected chi connectivity index (χ0v) is 17.3. The first-order chi connectivity index (χ1) is 14.6. The summed E-state index contributed by atoms with van der Waals surface area (Å²) in [6.07, 6.45) is -2.16. The molecule has 1 heterocycles. The molecule has 3 rings (SSSR count). The lowest BCUT2D eigenvalue weighted by Gasteiger charge is -2.18. The predicted molar refractivity (Wildman–Crippen MR) is 108 cm³/mol. The molecule has 8 nitrogen and oxygen atoms in total. The molecule has 9 heteroatoms. The molecule has 0 saturated heterocycles. The van der Waals surface area contributed by atoms with E-state index in [-0.39, 0.29) is 12.0 Å². The number of esters is 2. The van der Waals surface area contributed by atoms with Crippen LogP contribution in [0.1, 0.15) is 54.9 Å². The van der Waals surface area contributed by atoms with E-state index in [4.69, 9.17) is 14.3 Å². The van der Waals surface area contributed by atoms with Crippen LogP contribution >= 0.6 is 0 Å². The van der Waals surface area contributed by atoms with E-state index in [1.807, 2.05) is 0 Å². The van der Waals surface area contributed by atoms with Gasteiger partial charge in [-0.25, -0.2) is 9.18 Å². The van der Waals surface area contributed by atoms with Gasteiger partial charge in [0.25, 0.3) is 0 Å². The molecule has 0 fully saturated rings. The van der Waals surface area contributed by atoms with Gasteiger partial charge in [0.1, 0.15) is 5.82 Å². The molecule has 31 heavy (non-hydrogen) atoms. The summed E-state index contributed by atoms with van der Waals surface area (Å²) >= 11 is 0. The average molecular weight is 430 g/mol. The number of carbonyl (C=O) groups excluding carboxylic acids is 2. The number of carbonyl (C=O) groups is 2. The maximum Gasteiger partial charge on any atom is 0.341 e. The van der Waals surface area contributed by atoms with Crippen molar-refractivity contribution >= 4 is 17.8 Å². The van der Waals surface area contributed by atoms with E-state index in [9.17, 15) is 19.1 Å². The third kappa shape index (κ3) is 6.02. The summed E-state index contributed by atoms with van der Waals surface area (Å²) in [5.41, 5.74) is -0.201. The van der Waals surface area contributed by atoms with Crippen LogP contribution < -0.4 is 5.32 Å². The Hall–Kier alpha value is -3.46. The first-order valence-corrected chi connectivity index (χ1v) is 9.60. The highest BCUT2D eigenvalue weighted by Crippen LogP contribution is 2.23. The third-order valence-corrected chi connectivity index (χ3v) is 4.22. The van der Waals surface area contributed by atoms with Crippen molar-refractivity contribution in [2.75, 3.05) is 0 Å². The van der Waals surface area contributed by atoms with Crippen molar-refractivity contribution in [2.45, 2.75) is 45.3 Å². The molecular weight excluding hydrogens is 407 g/mol. The van der Waals surface area contributed by atoms with Gasteiger partial charge in [-0.05, 0) is 32.0 Å². The molecular formula is C22H23FN2O6. The van der Waals surface area contributed by atoms with Crippen molar-refractivity contribution in [3.05, 3.63) is 71.0 Å². The Balaban J connectivity index is 1.62. The lowest BCUT2D eigenvalue weighted by Crippen LogP contribution is -2.28. The summed E-state index contributed by atoms with van der Waals surface area (Å²) in [5, 5.41) is 16.5. The summed E-state index contributed by atoms with van der Waals surface area (Å²) in [5.74, 6) is -1.51. The highest BCUT2D eigenvalue weighted by molar-refractivity contribution is 6.01. The van der Waals surface area contributed by atoms with Crippen LogP contribution in [0.15, 0.2) is 53.7 Å². The molecule has 1 aliphatic heterocycles. The quantitative estimate of drug-likeness (QED) is 0.514. The lowest BCUT2D eigenvalue weighted by atomic mass is 10.1. The van der Waals surface area contributed by atoms with Crippen molar-refractivity contribution in [3.8, 4) is 0 Å². The second kappa shape index (κ2) is 9.13. The van der Waals surface area contributed by atoms with Crippen LogP contribution in [0.2, 0.25) is 0 Å². The van der Waals surface area contributed by atoms with Gasteiger partial charge in [0.2, 0.25) is 12.5 Å². The number of hydrogen-bond donors (Lipinski definition) is 2. The van der Waals surface area contributed by atoms with Gasteiger partial charge >= 0.3 is 11.9 Å². The molecule has 164 valence electrons. The van der Waals surface area contributed by atoms with Gasteiger partial charge in [0, 0.05) is 12.5 Å². The topological polar surface area (TPSA) is 106 Å². The second-order valence-corrected chi connectivity index (χ2v) is 7.62. The number of aliphatic hydroxyl groups is 1. The van der Waals surface area contributed by atoms with Crippen molar-refractivity contribution in [1.29, 1.82) is 0 Å². The first kappa shape index (κ1) is 22.2. The molecule has 0 aromatic heterocycles. The zero-order valence-electron chi connectivity index (χ0n) is 17.3. The Morgan fingerprint density at radius 2 is 1.97 bits per heavy atom. The van der Waals surface area contributed by atoms with Crippen LogP contribution in [-0.2, 0) is 19.1 Å². The molecule has 0 bridgehead atoms. The minimum Gasteiger partial charge on any atom is -0.425 e. The fraction of sp³-hybridized carbons (Fsp3) is 0.318. The van der Waals surface area contributed by atoms with Crippen molar-refractivity contribution in [1.82, 2.24) is 5.32 Å². The number of nitrogens with one attached hydrogen (secondary N) is 1. The predicted octanol–water partition coefficient (Wildman–Crippen LogP) is 3.01. The molecule has 0 saturated carbocycles. The Morgan fingerprint density at radius 3 is 2.68 bits per heavy atom. The van der Waals surface area contributed by atoms with Crippen LogP contribution in [0.3, 0.4) is 0 Å². The van der Waals surface area contributed by atoms with E-state index in [0.717, 1.165) is 0 Å². The highest BCUT2D eigenvalue weighted by Gasteiger charge is 2.26. The van der Waals surface area contributed by atoms with E-state index < -0.39 is 35.9 Å². The first-order valence-electron chi connectivity index (χ1n) is 9.60. The second-order valence-electron chi connectivity index (χ2n) is 7.62. The maximum atomic E-state index is 14.0. The van der Waals surface area contributed by atoms with Gasteiger partial charge < -0.3 is 24.7 Å². The molecule has 2 aromatic rings. The number of nitrogens with zero attached hydrogens (tertiary/aromatic N) is 1. The maximum absolute atomic E-state index is 14.0. The number of hydrogen-bond acceptors (Lipinski definition) is 8. The zero-order chi connectivity index (χ0) is 22.6. The largest absolute Gasteiger partial charge is 0.425 e. The van der Waals surface area contributed by atoms with E-state index in [0.29, 0.717) is 17.0 Å². The Kier molecular flexibility index (Phi) is 6.55. The van der Waals surface area contributed by atoms with Gasteiger partial charge in [-0.2, -0.15) is 0 Å². The van der Waals surface area contributed by atoms with E-state index >= 15 is 0 Å². The highest BCUT2D eigenvalue weighted by atomic mass is 19.1. The number of rotatable bonds is 7. The lowest BCUT2D eigenvalue weighted by molar-refractivity contribution is -0.169. The minimum atomic E-state index is -1.23. The third-order valence-electron chi connectivity index (χ3n) is 4.22. The monoisotopic (exact) mass is 430 g/mol. The Morgan fingerprint density at radius 1 is 1.23 bits per heavy atom. The van der Waals surface area contributed by atoms with Gasteiger partial charge in [-0.1, -0.05) is 35.5 Å². The van der Waals surface area contributed by atoms with E-state index in [2.05, 4.69) is 10.5 Å². The molecule has 0 amide bonds. The summed E-state index contributed by atoms with van der Waals surface area (Å²) in [4.78, 5) is 29.4. The fourth-order valence-corrected chi connectivity index (χ4v) is 2.86. The smallest absolute Gasteiger partial charge is 0.341 e. The summed E-state index contributed by atoms with van der Waals surface area (Å²) in [6.45, 7) is 4.34. The molecule has 2 N–H and O–H groups in total. The van der Waals surface area contributed by atoms with Gasteiger partial charge in [-0.3, -0.25) is 4.79 Å². The number of halogens is 1. The van der Waals surface area contributed by atoms with Gasteiger partial charge in [0.05, 0.1) is 23.1 Å². The van der Waals surface area contributed by atoms with Crippen molar-refractivity contribution in [2.24, 2.45) is 5.16 Å². The summed E-state index contributed by atoms with van der Waals surface area (Å²) in [6, 6.07) is 12.5.